The van der Waals surface area contributed by atoms with Gasteiger partial charge in [-0.3, -0.25) is 0 Å². The summed E-state index contributed by atoms with van der Waals surface area (Å²) in [7, 11) is 0. The van der Waals surface area contributed by atoms with Gasteiger partial charge in [-0.15, -0.1) is 0 Å². The molecule has 0 spiro atoms. The lowest BCUT2D eigenvalue weighted by Crippen LogP contribution is -2.18. The van der Waals surface area contributed by atoms with Gasteiger partial charge in [0.05, 0.1) is 0 Å². The first-order chi connectivity index (χ1) is 7.49. The SMILES string of the molecule is CC1(C)CC1CNCc1ccc(Cl)cc1Br. The van der Waals surface area contributed by atoms with Gasteiger partial charge in [0.15, 0.2) is 0 Å². The molecule has 1 aliphatic rings. The van der Waals surface area contributed by atoms with Crippen LogP contribution in [0.15, 0.2) is 22.7 Å². The number of nitrogens with one attached hydrogen (secondary N) is 1. The van der Waals surface area contributed by atoms with Gasteiger partial charge in [-0.05, 0) is 42.0 Å². The molecule has 16 heavy (non-hydrogen) atoms. The molecule has 1 aromatic carbocycles. The highest BCUT2D eigenvalue weighted by Gasteiger charge is 2.44. The topological polar surface area (TPSA) is 12.0 Å². The van der Waals surface area contributed by atoms with Gasteiger partial charge in [-0.1, -0.05) is 47.4 Å². The second-order valence-corrected chi connectivity index (χ2v) is 6.55. The number of rotatable bonds is 4. The highest BCUT2D eigenvalue weighted by Crippen LogP contribution is 2.50. The fraction of sp³-hybridized carbons (Fsp3) is 0.538. The summed E-state index contributed by atoms with van der Waals surface area (Å²) >= 11 is 9.43. The largest absolute Gasteiger partial charge is 0.312 e. The third-order valence-corrected chi connectivity index (χ3v) is 4.41. The van der Waals surface area contributed by atoms with Gasteiger partial charge in [0.25, 0.3) is 0 Å². The fourth-order valence-corrected chi connectivity index (χ4v) is 2.79. The van der Waals surface area contributed by atoms with Gasteiger partial charge >= 0.3 is 0 Å². The van der Waals surface area contributed by atoms with Crippen molar-refractivity contribution in [3.05, 3.63) is 33.3 Å². The zero-order valence-electron chi connectivity index (χ0n) is 9.69. The Morgan fingerprint density at radius 2 is 2.19 bits per heavy atom. The van der Waals surface area contributed by atoms with Crippen molar-refractivity contribution in [3.8, 4) is 0 Å². The van der Waals surface area contributed by atoms with Gasteiger partial charge in [0.1, 0.15) is 0 Å². The van der Waals surface area contributed by atoms with Crippen molar-refractivity contribution in [2.45, 2.75) is 26.8 Å². The Bertz CT molecular complexity index is 390. The molecule has 0 bridgehead atoms. The molecule has 2 rings (SSSR count). The van der Waals surface area contributed by atoms with Crippen LogP contribution in [0, 0.1) is 11.3 Å². The maximum absolute atomic E-state index is 5.90. The van der Waals surface area contributed by atoms with Gasteiger partial charge < -0.3 is 5.32 Å². The summed E-state index contributed by atoms with van der Waals surface area (Å²) in [5.74, 6) is 0.846. The van der Waals surface area contributed by atoms with E-state index < -0.39 is 0 Å². The van der Waals surface area contributed by atoms with E-state index in [1.54, 1.807) is 0 Å². The Kier molecular flexibility index (Phi) is 3.62. The maximum atomic E-state index is 5.90. The summed E-state index contributed by atoms with van der Waals surface area (Å²) in [6, 6.07) is 5.95. The smallest absolute Gasteiger partial charge is 0.0417 e. The first kappa shape index (κ1) is 12.4. The van der Waals surface area contributed by atoms with Crippen LogP contribution in [-0.2, 0) is 6.54 Å². The highest BCUT2D eigenvalue weighted by atomic mass is 79.9. The van der Waals surface area contributed by atoms with Crippen molar-refractivity contribution in [2.75, 3.05) is 6.54 Å². The standard InChI is InChI=1S/C13H17BrClN/c1-13(2)6-10(13)8-16-7-9-3-4-11(15)5-12(9)14/h3-5,10,16H,6-8H2,1-2H3. The molecule has 0 aliphatic heterocycles. The second-order valence-electron chi connectivity index (χ2n) is 5.26. The molecule has 88 valence electrons. The molecule has 1 unspecified atom stereocenters. The molecule has 0 aromatic heterocycles. The Morgan fingerprint density at radius 3 is 2.75 bits per heavy atom. The summed E-state index contributed by atoms with van der Waals surface area (Å²) in [6.45, 7) is 6.68. The highest BCUT2D eigenvalue weighted by molar-refractivity contribution is 9.10. The lowest BCUT2D eigenvalue weighted by molar-refractivity contribution is 0.519. The summed E-state index contributed by atoms with van der Waals surface area (Å²) in [5.41, 5.74) is 1.83. The van der Waals surface area contributed by atoms with Gasteiger partial charge in [-0.2, -0.15) is 0 Å². The summed E-state index contributed by atoms with van der Waals surface area (Å²) in [6.07, 6.45) is 1.35. The molecule has 1 aromatic rings. The molecular weight excluding hydrogens is 286 g/mol. The summed E-state index contributed by atoms with van der Waals surface area (Å²) < 4.78 is 1.09. The number of hydrogen-bond donors (Lipinski definition) is 1. The minimum Gasteiger partial charge on any atom is -0.312 e. The van der Waals surface area contributed by atoms with E-state index in [-0.39, 0.29) is 0 Å². The van der Waals surface area contributed by atoms with E-state index in [9.17, 15) is 0 Å². The lowest BCUT2D eigenvalue weighted by atomic mass is 10.1. The van der Waals surface area contributed by atoms with E-state index in [1.807, 2.05) is 12.1 Å². The van der Waals surface area contributed by atoms with E-state index in [2.05, 4.69) is 41.2 Å². The predicted molar refractivity (Wildman–Crippen MR) is 72.7 cm³/mol. The predicted octanol–water partition coefficient (Wildman–Crippen LogP) is 4.24. The van der Waals surface area contributed by atoms with Crippen LogP contribution in [0.1, 0.15) is 25.8 Å². The van der Waals surface area contributed by atoms with Crippen LogP contribution in [0.4, 0.5) is 0 Å². The molecule has 3 heteroatoms. The number of hydrogen-bond acceptors (Lipinski definition) is 1. The van der Waals surface area contributed by atoms with E-state index >= 15 is 0 Å². The number of benzene rings is 1. The third kappa shape index (κ3) is 2.99. The zero-order valence-corrected chi connectivity index (χ0v) is 12.0. The second kappa shape index (κ2) is 4.67. The van der Waals surface area contributed by atoms with Gasteiger partial charge in [0, 0.05) is 16.0 Å². The van der Waals surface area contributed by atoms with Crippen LogP contribution in [0.25, 0.3) is 0 Å². The van der Waals surface area contributed by atoms with E-state index in [0.717, 1.165) is 28.5 Å². The maximum Gasteiger partial charge on any atom is 0.0417 e. The lowest BCUT2D eigenvalue weighted by Gasteiger charge is -2.08. The molecule has 0 saturated heterocycles. The van der Waals surface area contributed by atoms with Gasteiger partial charge in [-0.25, -0.2) is 0 Å². The normalized spacial score (nSPS) is 22.1. The molecule has 1 aliphatic carbocycles. The van der Waals surface area contributed by atoms with Crippen LogP contribution < -0.4 is 5.32 Å². The minimum atomic E-state index is 0.560. The minimum absolute atomic E-state index is 0.560. The van der Waals surface area contributed by atoms with Crippen molar-refractivity contribution in [1.29, 1.82) is 0 Å². The van der Waals surface area contributed by atoms with E-state index in [4.69, 9.17) is 11.6 Å². The third-order valence-electron chi connectivity index (χ3n) is 3.44. The van der Waals surface area contributed by atoms with Crippen LogP contribution in [0.5, 0.6) is 0 Å². The van der Waals surface area contributed by atoms with Gasteiger partial charge in [0.2, 0.25) is 0 Å². The molecule has 0 radical (unpaired) electrons. The van der Waals surface area contributed by atoms with E-state index in [0.29, 0.717) is 5.41 Å². The fourth-order valence-electron chi connectivity index (χ4n) is 1.97. The Morgan fingerprint density at radius 1 is 1.50 bits per heavy atom. The van der Waals surface area contributed by atoms with Crippen molar-refractivity contribution < 1.29 is 0 Å². The van der Waals surface area contributed by atoms with Crippen molar-refractivity contribution in [3.63, 3.8) is 0 Å². The van der Waals surface area contributed by atoms with Crippen LogP contribution >= 0.6 is 27.5 Å². The van der Waals surface area contributed by atoms with Crippen LogP contribution in [0.2, 0.25) is 5.02 Å². The first-order valence-corrected chi connectivity index (χ1v) is 6.81. The Balaban J connectivity index is 1.81. The number of halogens is 2. The van der Waals surface area contributed by atoms with E-state index in [1.165, 1.54) is 12.0 Å². The average Bonchev–Trinajstić information content (AvgIpc) is 2.78. The first-order valence-electron chi connectivity index (χ1n) is 5.64. The molecule has 1 nitrogen and oxygen atoms in total. The molecule has 1 saturated carbocycles. The average molecular weight is 303 g/mol. The van der Waals surface area contributed by atoms with Crippen molar-refractivity contribution in [2.24, 2.45) is 11.3 Å². The monoisotopic (exact) mass is 301 g/mol. The quantitative estimate of drug-likeness (QED) is 0.877. The molecule has 1 N–H and O–H groups in total. The Hall–Kier alpha value is -0.0500. The van der Waals surface area contributed by atoms with Crippen molar-refractivity contribution >= 4 is 27.5 Å². The van der Waals surface area contributed by atoms with Crippen molar-refractivity contribution in [1.82, 2.24) is 5.32 Å². The Labute approximate surface area is 111 Å². The van der Waals surface area contributed by atoms with Crippen LogP contribution in [-0.4, -0.2) is 6.54 Å². The zero-order chi connectivity index (χ0) is 11.8. The summed E-state index contributed by atoms with van der Waals surface area (Å²) in [5, 5.41) is 4.28. The molecule has 1 fully saturated rings. The molecule has 0 amide bonds. The van der Waals surface area contributed by atoms with Crippen LogP contribution in [0.3, 0.4) is 0 Å². The summed E-state index contributed by atoms with van der Waals surface area (Å²) in [4.78, 5) is 0. The molecular formula is C13H17BrClN. The molecule has 0 heterocycles. The molecule has 1 atom stereocenters.